The molecule has 0 saturated heterocycles. The van der Waals surface area contributed by atoms with Gasteiger partial charge in [0.05, 0.1) is 11.0 Å². The summed E-state index contributed by atoms with van der Waals surface area (Å²) in [5.41, 5.74) is 1.19. The van der Waals surface area contributed by atoms with Gasteiger partial charge in [0.1, 0.15) is 0 Å². The highest BCUT2D eigenvalue weighted by Crippen LogP contribution is 2.27. The van der Waals surface area contributed by atoms with Crippen LogP contribution in [0.2, 0.25) is 0 Å². The van der Waals surface area contributed by atoms with Gasteiger partial charge in [0.25, 0.3) is 5.69 Å². The van der Waals surface area contributed by atoms with Crippen LogP contribution in [0.4, 0.5) is 5.69 Å². The average Bonchev–Trinajstić information content (AvgIpc) is 2.53. The van der Waals surface area contributed by atoms with Gasteiger partial charge in [-0.25, -0.2) is 0 Å². The Hall–Kier alpha value is -1.46. The van der Waals surface area contributed by atoms with E-state index in [1.54, 1.807) is 24.3 Å². The quantitative estimate of drug-likeness (QED) is 0.459. The molecule has 3 unspecified atom stereocenters. The molecule has 0 bridgehead atoms. The number of nitrogens with zero attached hydrogens (tertiary/aromatic N) is 1. The van der Waals surface area contributed by atoms with Crippen LogP contribution in [-0.4, -0.2) is 22.7 Å². The van der Waals surface area contributed by atoms with E-state index < -0.39 is 0 Å². The number of aliphatic hydroxyl groups is 1. The standard InChI is InChI=1S/C17H26N2O3/c1-13(14-8-10-16(11-9-14)19(21)22)18-12-4-6-15-5-2-3-7-17(15)20/h8-11,13,15,17-18,20H,2-7,12H2,1H3. The van der Waals surface area contributed by atoms with Crippen molar-refractivity contribution in [3.8, 4) is 0 Å². The van der Waals surface area contributed by atoms with Crippen molar-refractivity contribution in [3.63, 3.8) is 0 Å². The van der Waals surface area contributed by atoms with Crippen molar-refractivity contribution < 1.29 is 10.0 Å². The molecule has 1 aromatic rings. The molecule has 1 aromatic carbocycles. The summed E-state index contributed by atoms with van der Waals surface area (Å²) >= 11 is 0. The number of non-ortho nitro benzene ring substituents is 1. The van der Waals surface area contributed by atoms with Gasteiger partial charge in [0.15, 0.2) is 0 Å². The van der Waals surface area contributed by atoms with Crippen molar-refractivity contribution in [2.24, 2.45) is 5.92 Å². The fourth-order valence-corrected chi connectivity index (χ4v) is 3.21. The molecular formula is C17H26N2O3. The lowest BCUT2D eigenvalue weighted by Crippen LogP contribution is -2.26. The zero-order valence-electron chi connectivity index (χ0n) is 13.2. The smallest absolute Gasteiger partial charge is 0.269 e. The summed E-state index contributed by atoms with van der Waals surface area (Å²) in [6.45, 7) is 2.97. The molecule has 22 heavy (non-hydrogen) atoms. The summed E-state index contributed by atoms with van der Waals surface area (Å²) in [5, 5.41) is 24.0. The van der Waals surface area contributed by atoms with Crippen LogP contribution < -0.4 is 5.32 Å². The first-order valence-electron chi connectivity index (χ1n) is 8.23. The molecule has 0 aromatic heterocycles. The highest BCUT2D eigenvalue weighted by Gasteiger charge is 2.22. The summed E-state index contributed by atoms with van der Waals surface area (Å²) in [7, 11) is 0. The predicted molar refractivity (Wildman–Crippen MR) is 86.7 cm³/mol. The second-order valence-corrected chi connectivity index (χ2v) is 6.28. The molecule has 3 atom stereocenters. The normalized spacial score (nSPS) is 23.2. The minimum absolute atomic E-state index is 0.110. The number of nitrogens with one attached hydrogen (secondary N) is 1. The largest absolute Gasteiger partial charge is 0.393 e. The van der Waals surface area contributed by atoms with Crippen LogP contribution in [0.3, 0.4) is 0 Å². The first-order valence-corrected chi connectivity index (χ1v) is 8.23. The molecule has 2 rings (SSSR count). The fourth-order valence-electron chi connectivity index (χ4n) is 3.21. The minimum atomic E-state index is -0.378. The van der Waals surface area contributed by atoms with Gasteiger partial charge < -0.3 is 10.4 Å². The van der Waals surface area contributed by atoms with Gasteiger partial charge in [0, 0.05) is 18.2 Å². The Morgan fingerprint density at radius 2 is 2.00 bits per heavy atom. The van der Waals surface area contributed by atoms with Gasteiger partial charge in [-0.3, -0.25) is 10.1 Å². The third kappa shape index (κ3) is 4.78. The van der Waals surface area contributed by atoms with E-state index in [9.17, 15) is 15.2 Å². The van der Waals surface area contributed by atoms with Gasteiger partial charge in [0.2, 0.25) is 0 Å². The number of hydrogen-bond donors (Lipinski definition) is 2. The lowest BCUT2D eigenvalue weighted by molar-refractivity contribution is -0.384. The van der Waals surface area contributed by atoms with Crippen molar-refractivity contribution in [1.29, 1.82) is 0 Å². The molecular weight excluding hydrogens is 280 g/mol. The maximum atomic E-state index is 10.6. The topological polar surface area (TPSA) is 75.4 Å². The van der Waals surface area contributed by atoms with E-state index in [0.717, 1.165) is 44.2 Å². The Bertz CT molecular complexity index is 475. The minimum Gasteiger partial charge on any atom is -0.393 e. The monoisotopic (exact) mass is 306 g/mol. The van der Waals surface area contributed by atoms with Crippen LogP contribution >= 0.6 is 0 Å². The molecule has 1 saturated carbocycles. The fraction of sp³-hybridized carbons (Fsp3) is 0.647. The Kier molecular flexibility index (Phi) is 6.34. The third-order valence-electron chi connectivity index (χ3n) is 4.68. The SMILES string of the molecule is CC(NCCCC1CCCCC1O)c1ccc([N+](=O)[O-])cc1. The van der Waals surface area contributed by atoms with Crippen molar-refractivity contribution in [1.82, 2.24) is 5.32 Å². The highest BCUT2D eigenvalue weighted by molar-refractivity contribution is 5.33. The van der Waals surface area contributed by atoms with Gasteiger partial charge in [-0.1, -0.05) is 25.0 Å². The molecule has 0 heterocycles. The Labute approximate surface area is 131 Å². The molecule has 122 valence electrons. The molecule has 0 aliphatic heterocycles. The Morgan fingerprint density at radius 1 is 1.32 bits per heavy atom. The van der Waals surface area contributed by atoms with Crippen molar-refractivity contribution in [3.05, 3.63) is 39.9 Å². The number of nitro groups is 1. The van der Waals surface area contributed by atoms with Gasteiger partial charge in [-0.15, -0.1) is 0 Å². The number of benzene rings is 1. The molecule has 0 spiro atoms. The first-order chi connectivity index (χ1) is 10.6. The zero-order valence-corrected chi connectivity index (χ0v) is 13.2. The summed E-state index contributed by atoms with van der Waals surface area (Å²) in [4.78, 5) is 10.3. The van der Waals surface area contributed by atoms with E-state index in [4.69, 9.17) is 0 Å². The van der Waals surface area contributed by atoms with Crippen molar-refractivity contribution in [2.75, 3.05) is 6.54 Å². The van der Waals surface area contributed by atoms with Crippen LogP contribution in [0.25, 0.3) is 0 Å². The number of rotatable bonds is 7. The second-order valence-electron chi connectivity index (χ2n) is 6.28. The molecule has 0 radical (unpaired) electrons. The van der Waals surface area contributed by atoms with Crippen LogP contribution in [-0.2, 0) is 0 Å². The number of aliphatic hydroxyl groups excluding tert-OH is 1. The maximum absolute atomic E-state index is 10.6. The van der Waals surface area contributed by atoms with E-state index in [2.05, 4.69) is 12.2 Å². The molecule has 5 nitrogen and oxygen atoms in total. The Balaban J connectivity index is 1.70. The van der Waals surface area contributed by atoms with Crippen molar-refractivity contribution in [2.45, 2.75) is 57.6 Å². The first kappa shape index (κ1) is 16.9. The van der Waals surface area contributed by atoms with Crippen LogP contribution in [0.15, 0.2) is 24.3 Å². The lowest BCUT2D eigenvalue weighted by atomic mass is 9.83. The Morgan fingerprint density at radius 3 is 2.64 bits per heavy atom. The number of hydrogen-bond acceptors (Lipinski definition) is 4. The van der Waals surface area contributed by atoms with Gasteiger partial charge in [-0.2, -0.15) is 0 Å². The molecule has 1 aliphatic rings. The van der Waals surface area contributed by atoms with E-state index in [1.165, 1.54) is 6.42 Å². The van der Waals surface area contributed by atoms with Gasteiger partial charge >= 0.3 is 0 Å². The van der Waals surface area contributed by atoms with Crippen LogP contribution in [0.5, 0.6) is 0 Å². The van der Waals surface area contributed by atoms with Crippen molar-refractivity contribution >= 4 is 5.69 Å². The third-order valence-corrected chi connectivity index (χ3v) is 4.68. The van der Waals surface area contributed by atoms with Crippen LogP contribution in [0, 0.1) is 16.0 Å². The van der Waals surface area contributed by atoms with Crippen LogP contribution in [0.1, 0.15) is 57.1 Å². The van der Waals surface area contributed by atoms with E-state index in [1.807, 2.05) is 0 Å². The molecule has 1 aliphatic carbocycles. The van der Waals surface area contributed by atoms with E-state index >= 15 is 0 Å². The molecule has 1 fully saturated rings. The maximum Gasteiger partial charge on any atom is 0.269 e. The summed E-state index contributed by atoms with van der Waals surface area (Å²) in [6.07, 6.45) is 6.53. The molecule has 2 N–H and O–H groups in total. The predicted octanol–water partition coefficient (Wildman–Crippen LogP) is 3.58. The second kappa shape index (κ2) is 8.25. The zero-order chi connectivity index (χ0) is 15.9. The highest BCUT2D eigenvalue weighted by atomic mass is 16.6. The number of nitro benzene ring substituents is 1. The average molecular weight is 306 g/mol. The van der Waals surface area contributed by atoms with E-state index in [0.29, 0.717) is 5.92 Å². The van der Waals surface area contributed by atoms with E-state index in [-0.39, 0.29) is 22.8 Å². The summed E-state index contributed by atoms with van der Waals surface area (Å²) in [6, 6.07) is 6.89. The lowest BCUT2D eigenvalue weighted by Gasteiger charge is -2.27. The molecule has 0 amide bonds. The van der Waals surface area contributed by atoms with Gasteiger partial charge in [-0.05, 0) is 50.6 Å². The summed E-state index contributed by atoms with van der Waals surface area (Å²) in [5.74, 6) is 0.463. The summed E-state index contributed by atoms with van der Waals surface area (Å²) < 4.78 is 0. The molecule has 5 heteroatoms.